The van der Waals surface area contributed by atoms with E-state index in [4.69, 9.17) is 4.74 Å². The Morgan fingerprint density at radius 2 is 1.84 bits per heavy atom. The van der Waals surface area contributed by atoms with Crippen LogP contribution in [0.2, 0.25) is 0 Å². The number of morpholine rings is 1. The van der Waals surface area contributed by atoms with Gasteiger partial charge in [0.25, 0.3) is 5.91 Å². The topological polar surface area (TPSA) is 98.6 Å². The van der Waals surface area contributed by atoms with Crippen LogP contribution in [0.25, 0.3) is 23.4 Å². The summed E-state index contributed by atoms with van der Waals surface area (Å²) in [5, 5.41) is 6.79. The Morgan fingerprint density at radius 3 is 2.57 bits per heavy atom. The van der Waals surface area contributed by atoms with E-state index in [0.29, 0.717) is 24.5 Å². The number of halogens is 3. The summed E-state index contributed by atoms with van der Waals surface area (Å²) in [5.74, 6) is -3.65. The Morgan fingerprint density at radius 1 is 1.08 bits per heavy atom. The molecule has 37 heavy (non-hydrogen) atoms. The van der Waals surface area contributed by atoms with E-state index in [0.717, 1.165) is 24.3 Å². The summed E-state index contributed by atoms with van der Waals surface area (Å²) in [6.45, 7) is 3.54. The van der Waals surface area contributed by atoms with Crippen molar-refractivity contribution in [1.82, 2.24) is 20.1 Å². The molecule has 0 radical (unpaired) electrons. The number of esters is 1. The van der Waals surface area contributed by atoms with E-state index in [1.54, 1.807) is 12.1 Å². The monoisotopic (exact) mass is 513 g/mol. The van der Waals surface area contributed by atoms with Crippen LogP contribution < -0.4 is 15.0 Å². The van der Waals surface area contributed by atoms with Crippen molar-refractivity contribution < 1.29 is 32.2 Å². The van der Waals surface area contributed by atoms with E-state index < -0.39 is 23.8 Å². The molecule has 2 aliphatic heterocycles. The lowest BCUT2D eigenvalue weighted by Gasteiger charge is -2.28. The second-order valence-electron chi connectivity index (χ2n) is 8.39. The van der Waals surface area contributed by atoms with Gasteiger partial charge in [-0.2, -0.15) is 18.3 Å². The number of nitrogens with zero attached hydrogens (tertiary/aromatic N) is 4. The molecule has 12 heteroatoms. The molecule has 0 atom stereocenters. The van der Waals surface area contributed by atoms with Crippen molar-refractivity contribution in [1.29, 1.82) is 0 Å². The van der Waals surface area contributed by atoms with Gasteiger partial charge in [-0.15, -0.1) is 0 Å². The van der Waals surface area contributed by atoms with Crippen molar-refractivity contribution in [3.63, 3.8) is 0 Å². The predicted molar refractivity (Wildman–Crippen MR) is 128 cm³/mol. The number of benzene rings is 1. The Bertz CT molecular complexity index is 1350. The molecule has 3 aromatic rings. The highest BCUT2D eigenvalue weighted by molar-refractivity contribution is 5.99. The van der Waals surface area contributed by atoms with Gasteiger partial charge >= 0.3 is 12.1 Å². The third-order valence-electron chi connectivity index (χ3n) is 5.93. The molecular formula is C25H22F3N5O4. The molecule has 2 aromatic heterocycles. The maximum atomic E-state index is 12.9. The zero-order valence-corrected chi connectivity index (χ0v) is 19.5. The van der Waals surface area contributed by atoms with E-state index in [9.17, 15) is 22.8 Å². The lowest BCUT2D eigenvalue weighted by molar-refractivity contribution is -0.189. The van der Waals surface area contributed by atoms with Crippen LogP contribution in [0.1, 0.15) is 21.7 Å². The normalized spacial score (nSPS) is 16.0. The lowest BCUT2D eigenvalue weighted by Crippen LogP contribution is -2.36. The first kappa shape index (κ1) is 24.5. The van der Waals surface area contributed by atoms with Gasteiger partial charge in [0, 0.05) is 37.1 Å². The molecule has 0 saturated carbocycles. The van der Waals surface area contributed by atoms with Gasteiger partial charge in [0.1, 0.15) is 5.69 Å². The SMILES string of the molecule is O=C1NCCn2nc(-c3ccnc(/C=C/c4ccc(N5CCOCC5)cc4)c3)c(OC(=O)C(F)(F)F)c21. The summed E-state index contributed by atoms with van der Waals surface area (Å²) < 4.78 is 50.1. The van der Waals surface area contributed by atoms with Gasteiger partial charge in [-0.05, 0) is 35.9 Å². The van der Waals surface area contributed by atoms with E-state index in [2.05, 4.69) is 25.0 Å². The molecule has 4 heterocycles. The smallest absolute Gasteiger partial charge is 0.415 e. The van der Waals surface area contributed by atoms with Crippen molar-refractivity contribution in [2.45, 2.75) is 12.7 Å². The largest absolute Gasteiger partial charge is 0.491 e. The minimum absolute atomic E-state index is 0.0587. The molecule has 1 saturated heterocycles. The van der Waals surface area contributed by atoms with E-state index >= 15 is 0 Å². The van der Waals surface area contributed by atoms with Crippen molar-refractivity contribution >= 4 is 29.7 Å². The van der Waals surface area contributed by atoms with Crippen LogP contribution in [0.5, 0.6) is 5.75 Å². The average Bonchev–Trinajstić information content (AvgIpc) is 3.27. The highest BCUT2D eigenvalue weighted by Crippen LogP contribution is 2.35. The van der Waals surface area contributed by atoms with E-state index in [1.807, 2.05) is 30.3 Å². The molecule has 0 unspecified atom stereocenters. The third kappa shape index (κ3) is 5.33. The number of ether oxygens (including phenoxy) is 2. The van der Waals surface area contributed by atoms with Gasteiger partial charge in [0.05, 0.1) is 25.5 Å². The predicted octanol–water partition coefficient (Wildman–Crippen LogP) is 3.16. The highest BCUT2D eigenvalue weighted by atomic mass is 19.4. The molecule has 1 N–H and O–H groups in total. The minimum atomic E-state index is -5.24. The molecule has 192 valence electrons. The van der Waals surface area contributed by atoms with Crippen molar-refractivity contribution in [3.05, 3.63) is 59.5 Å². The number of fused-ring (bicyclic) bond motifs is 1. The summed E-state index contributed by atoms with van der Waals surface area (Å²) in [7, 11) is 0. The number of pyridine rings is 1. The highest BCUT2D eigenvalue weighted by Gasteiger charge is 2.43. The van der Waals surface area contributed by atoms with Gasteiger partial charge in [0.2, 0.25) is 0 Å². The standard InChI is InChI=1S/C25H22F3N5O4/c26-25(27,28)24(35)37-22-20(31-33-10-9-30-23(34)21(22)33)17-7-8-29-18(15-17)4-1-16-2-5-19(6-3-16)32-11-13-36-14-12-32/h1-8,15H,9-14H2,(H,30,34)/b4-1+. The molecule has 0 bridgehead atoms. The van der Waals surface area contributed by atoms with Gasteiger partial charge < -0.3 is 19.7 Å². The fourth-order valence-corrected chi connectivity index (χ4v) is 4.11. The molecule has 1 amide bonds. The van der Waals surface area contributed by atoms with Crippen LogP contribution in [-0.4, -0.2) is 65.7 Å². The summed E-state index contributed by atoms with van der Waals surface area (Å²) >= 11 is 0. The number of carbonyl (C=O) groups excluding carboxylic acids is 2. The first-order valence-corrected chi connectivity index (χ1v) is 11.5. The van der Waals surface area contributed by atoms with Gasteiger partial charge in [-0.3, -0.25) is 14.5 Å². The number of aromatic nitrogens is 3. The fraction of sp³-hybridized carbons (Fsp3) is 0.280. The molecule has 0 aliphatic carbocycles. The van der Waals surface area contributed by atoms with Crippen LogP contribution >= 0.6 is 0 Å². The first-order valence-electron chi connectivity index (χ1n) is 11.5. The molecule has 1 aromatic carbocycles. The Kier molecular flexibility index (Phi) is 6.66. The molecular weight excluding hydrogens is 491 g/mol. The molecule has 5 rings (SSSR count). The second-order valence-corrected chi connectivity index (χ2v) is 8.39. The summed E-state index contributed by atoms with van der Waals surface area (Å²) in [4.78, 5) is 30.5. The Balaban J connectivity index is 1.41. The average molecular weight is 513 g/mol. The number of alkyl halides is 3. The number of amides is 1. The van der Waals surface area contributed by atoms with Crippen molar-refractivity contribution in [2.24, 2.45) is 0 Å². The van der Waals surface area contributed by atoms with Crippen molar-refractivity contribution in [2.75, 3.05) is 37.7 Å². The fourth-order valence-electron chi connectivity index (χ4n) is 4.11. The second kappa shape index (κ2) is 10.1. The third-order valence-corrected chi connectivity index (χ3v) is 5.93. The zero-order chi connectivity index (χ0) is 26.0. The van der Waals surface area contributed by atoms with Crippen LogP contribution in [-0.2, 0) is 16.1 Å². The van der Waals surface area contributed by atoms with Crippen LogP contribution in [0.4, 0.5) is 18.9 Å². The molecule has 9 nitrogen and oxygen atoms in total. The number of nitrogens with one attached hydrogen (secondary N) is 1. The van der Waals surface area contributed by atoms with E-state index in [1.165, 1.54) is 16.9 Å². The first-order chi connectivity index (χ1) is 17.8. The van der Waals surface area contributed by atoms with Gasteiger partial charge in [-0.25, -0.2) is 4.79 Å². The van der Waals surface area contributed by atoms with Gasteiger partial charge in [0.15, 0.2) is 11.4 Å². The van der Waals surface area contributed by atoms with E-state index in [-0.39, 0.29) is 24.5 Å². The number of anilines is 1. The zero-order valence-electron chi connectivity index (χ0n) is 19.5. The molecule has 1 fully saturated rings. The Hall–Kier alpha value is -4.19. The maximum Gasteiger partial charge on any atom is 0.491 e. The van der Waals surface area contributed by atoms with Crippen LogP contribution in [0, 0.1) is 0 Å². The minimum Gasteiger partial charge on any atom is -0.415 e. The Labute approximate surface area is 209 Å². The molecule has 2 aliphatic rings. The van der Waals surface area contributed by atoms with Crippen LogP contribution in [0.3, 0.4) is 0 Å². The lowest BCUT2D eigenvalue weighted by atomic mass is 10.1. The summed E-state index contributed by atoms with van der Waals surface area (Å²) in [6.07, 6.45) is -0.173. The number of hydrogen-bond donors (Lipinski definition) is 1. The summed E-state index contributed by atoms with van der Waals surface area (Å²) in [5.41, 5.74) is 2.58. The number of rotatable bonds is 5. The maximum absolute atomic E-state index is 12.9. The van der Waals surface area contributed by atoms with Crippen LogP contribution in [0.15, 0.2) is 42.6 Å². The summed E-state index contributed by atoms with van der Waals surface area (Å²) in [6, 6.07) is 11.1. The number of hydrogen-bond acceptors (Lipinski definition) is 7. The number of carbonyl (C=O) groups is 2. The van der Waals surface area contributed by atoms with Gasteiger partial charge in [-0.1, -0.05) is 18.2 Å². The molecule has 0 spiro atoms. The quantitative estimate of drug-likeness (QED) is 0.524. The van der Waals surface area contributed by atoms with Crippen molar-refractivity contribution in [3.8, 4) is 17.0 Å².